The highest BCUT2D eigenvalue weighted by atomic mass is 32.1. The van der Waals surface area contributed by atoms with Crippen LogP contribution in [0.5, 0.6) is 5.75 Å². The van der Waals surface area contributed by atoms with Gasteiger partial charge in [0.25, 0.3) is 11.5 Å². The van der Waals surface area contributed by atoms with Gasteiger partial charge in [-0.15, -0.1) is 11.3 Å². The van der Waals surface area contributed by atoms with Crippen molar-refractivity contribution in [1.29, 1.82) is 0 Å². The van der Waals surface area contributed by atoms with Gasteiger partial charge in [-0.1, -0.05) is 26.5 Å². The minimum atomic E-state index is -0.938. The first-order valence-corrected chi connectivity index (χ1v) is 14.5. The highest BCUT2D eigenvalue weighted by Gasteiger charge is 2.46. The van der Waals surface area contributed by atoms with Crippen molar-refractivity contribution in [3.05, 3.63) is 69.3 Å². The topological polar surface area (TPSA) is 112 Å². The van der Waals surface area contributed by atoms with Crippen molar-refractivity contribution in [1.82, 2.24) is 19.4 Å². The van der Waals surface area contributed by atoms with Gasteiger partial charge < -0.3 is 19.8 Å². The Morgan fingerprint density at radius 2 is 1.93 bits per heavy atom. The van der Waals surface area contributed by atoms with Crippen LogP contribution in [0.4, 0.5) is 20.2 Å². The molecule has 2 amide bonds. The number of carbonyl (C=O) groups excluding carboxylic acids is 2. The number of rotatable bonds is 4. The molecule has 10 nitrogen and oxygen atoms in total. The molecule has 1 saturated heterocycles. The number of likely N-dealkylation sites (N-methyl/N-ethyl adjacent to an activating group) is 1. The van der Waals surface area contributed by atoms with Crippen molar-refractivity contribution in [3.63, 3.8) is 0 Å². The fourth-order valence-electron chi connectivity index (χ4n) is 5.97. The summed E-state index contributed by atoms with van der Waals surface area (Å²) in [4.78, 5) is 55.0. The molecule has 0 spiro atoms. The third-order valence-corrected chi connectivity index (χ3v) is 9.15. The van der Waals surface area contributed by atoms with Gasteiger partial charge in [0, 0.05) is 25.0 Å². The second-order valence-corrected chi connectivity index (χ2v) is 11.9. The monoisotopic (exact) mass is 606 g/mol. The van der Waals surface area contributed by atoms with Crippen molar-refractivity contribution in [2.24, 2.45) is 0 Å². The standard InChI is InChI=1S/C30H28F2N6O4S/c1-6-21(40)36-12-19-29(41)35(5)25-24(37(19)11-15(36)4)16-10-18(32)23(22-17(31)8-7-9-20(22)39)34-27(16)38(30(25)42)28-26(14(2)3)43-13-33-28/h6-10,13-15,19,39H,1,11-12H2,2-5H3/t15-,19-/m1/s1. The molecule has 2 atom stereocenters. The van der Waals surface area contributed by atoms with Gasteiger partial charge in [-0.3, -0.25) is 14.4 Å². The van der Waals surface area contributed by atoms with Crippen LogP contribution in [0.2, 0.25) is 0 Å². The van der Waals surface area contributed by atoms with Crippen LogP contribution in [0.25, 0.3) is 28.1 Å². The van der Waals surface area contributed by atoms with E-state index in [1.165, 1.54) is 51.0 Å². The van der Waals surface area contributed by atoms with Crippen molar-refractivity contribution in [2.75, 3.05) is 29.9 Å². The number of pyridine rings is 2. The van der Waals surface area contributed by atoms with Gasteiger partial charge >= 0.3 is 0 Å². The molecule has 0 unspecified atom stereocenters. The second kappa shape index (κ2) is 10.3. The van der Waals surface area contributed by atoms with Crippen LogP contribution in [0.1, 0.15) is 31.6 Å². The fourth-order valence-corrected chi connectivity index (χ4v) is 6.76. The summed E-state index contributed by atoms with van der Waals surface area (Å²) in [6.45, 7) is 9.44. The normalized spacial score (nSPS) is 18.3. The number of fused-ring (bicyclic) bond motifs is 5. The summed E-state index contributed by atoms with van der Waals surface area (Å²) >= 11 is 1.33. The molecular formula is C30H28F2N6O4S. The molecule has 1 fully saturated rings. The van der Waals surface area contributed by atoms with Crippen molar-refractivity contribution >= 4 is 45.6 Å². The summed E-state index contributed by atoms with van der Waals surface area (Å²) in [6, 6.07) is 3.49. The Labute approximate surface area is 249 Å². The molecule has 1 N–H and O–H groups in total. The summed E-state index contributed by atoms with van der Waals surface area (Å²) in [7, 11) is 1.47. The van der Waals surface area contributed by atoms with Gasteiger partial charge in [0.2, 0.25) is 5.91 Å². The molecule has 13 heteroatoms. The molecule has 2 aliphatic rings. The fraction of sp³-hybridized carbons (Fsp3) is 0.300. The largest absolute Gasteiger partial charge is 0.507 e. The van der Waals surface area contributed by atoms with E-state index >= 15 is 4.39 Å². The lowest BCUT2D eigenvalue weighted by Gasteiger charge is -2.49. The van der Waals surface area contributed by atoms with Gasteiger partial charge in [0.1, 0.15) is 29.0 Å². The van der Waals surface area contributed by atoms with E-state index in [2.05, 4.69) is 16.5 Å². The first-order chi connectivity index (χ1) is 20.5. The van der Waals surface area contributed by atoms with E-state index in [9.17, 15) is 23.9 Å². The SMILES string of the molecule is C=CC(=O)N1C[C@@H]2C(=O)N(C)c3c(c4cc(F)c(-c5c(O)cccc5F)nc4n(-c4ncsc4C(C)C)c3=O)N2C[C@H]1C. The number of nitrogens with zero attached hydrogens (tertiary/aromatic N) is 6. The quantitative estimate of drug-likeness (QED) is 0.347. The van der Waals surface area contributed by atoms with Gasteiger partial charge in [0.15, 0.2) is 17.3 Å². The van der Waals surface area contributed by atoms with Crippen LogP contribution in [-0.4, -0.2) is 68.6 Å². The number of aromatic hydroxyl groups is 1. The molecule has 5 heterocycles. The Morgan fingerprint density at radius 3 is 2.60 bits per heavy atom. The summed E-state index contributed by atoms with van der Waals surface area (Å²) < 4.78 is 32.2. The lowest BCUT2D eigenvalue weighted by atomic mass is 9.98. The van der Waals surface area contributed by atoms with Crippen molar-refractivity contribution < 1.29 is 23.5 Å². The molecular weight excluding hydrogens is 578 g/mol. The van der Waals surface area contributed by atoms with Crippen LogP contribution < -0.4 is 15.4 Å². The van der Waals surface area contributed by atoms with Crippen molar-refractivity contribution in [3.8, 4) is 22.8 Å². The molecule has 1 aromatic carbocycles. The summed E-state index contributed by atoms with van der Waals surface area (Å²) in [5, 5.41) is 10.7. The Bertz CT molecular complexity index is 1880. The number of thiazole rings is 1. The third-order valence-electron chi connectivity index (χ3n) is 8.03. The van der Waals surface area contributed by atoms with Gasteiger partial charge in [-0.05, 0) is 37.1 Å². The Morgan fingerprint density at radius 1 is 1.19 bits per heavy atom. The highest BCUT2D eigenvalue weighted by molar-refractivity contribution is 7.10. The molecule has 43 heavy (non-hydrogen) atoms. The van der Waals surface area contributed by atoms with Crippen LogP contribution in [-0.2, 0) is 9.59 Å². The van der Waals surface area contributed by atoms with Crippen LogP contribution in [0.15, 0.2) is 47.2 Å². The number of carbonyl (C=O) groups is 2. The zero-order chi connectivity index (χ0) is 30.9. The average Bonchev–Trinajstić information content (AvgIpc) is 3.45. The summed E-state index contributed by atoms with van der Waals surface area (Å²) in [5.41, 5.74) is 0.296. The minimum absolute atomic E-state index is 0.00911. The second-order valence-electron chi connectivity index (χ2n) is 11.0. The van der Waals surface area contributed by atoms with Crippen molar-refractivity contribution in [2.45, 2.75) is 38.8 Å². The van der Waals surface area contributed by atoms with Crippen LogP contribution in [0, 0.1) is 11.6 Å². The highest BCUT2D eigenvalue weighted by Crippen LogP contribution is 2.43. The van der Waals surface area contributed by atoms with E-state index in [1.54, 1.807) is 10.4 Å². The predicted molar refractivity (Wildman–Crippen MR) is 160 cm³/mol. The molecule has 0 aliphatic carbocycles. The first-order valence-electron chi connectivity index (χ1n) is 13.6. The first kappa shape index (κ1) is 28.5. The molecule has 2 aliphatic heterocycles. The third kappa shape index (κ3) is 4.21. The van der Waals surface area contributed by atoms with Crippen LogP contribution >= 0.6 is 11.3 Å². The zero-order valence-corrected chi connectivity index (χ0v) is 24.7. The van der Waals surface area contributed by atoms with Crippen LogP contribution in [0.3, 0.4) is 0 Å². The van der Waals surface area contributed by atoms with E-state index < -0.39 is 46.1 Å². The molecule has 222 valence electrons. The number of piperazine rings is 1. The smallest absolute Gasteiger partial charge is 0.284 e. The average molecular weight is 607 g/mol. The number of hydrogen-bond donors (Lipinski definition) is 1. The summed E-state index contributed by atoms with van der Waals surface area (Å²) in [6.07, 6.45) is 1.18. The van der Waals surface area contributed by atoms with Gasteiger partial charge in [-0.2, -0.15) is 0 Å². The molecule has 3 aromatic heterocycles. The molecule has 6 rings (SSSR count). The molecule has 4 aromatic rings. The van der Waals surface area contributed by atoms with E-state index in [4.69, 9.17) is 0 Å². The lowest BCUT2D eigenvalue weighted by Crippen LogP contribution is -2.66. The number of anilines is 2. The number of benzene rings is 1. The molecule has 0 saturated carbocycles. The number of phenols is 1. The molecule has 0 bridgehead atoms. The maximum atomic E-state index is 16.0. The Balaban J connectivity index is 1.72. The van der Waals surface area contributed by atoms with E-state index in [0.717, 1.165) is 17.0 Å². The molecule has 0 radical (unpaired) electrons. The van der Waals surface area contributed by atoms with E-state index in [0.29, 0.717) is 0 Å². The number of halogens is 2. The lowest BCUT2D eigenvalue weighted by molar-refractivity contribution is -0.130. The minimum Gasteiger partial charge on any atom is -0.507 e. The zero-order valence-electron chi connectivity index (χ0n) is 23.8. The Kier molecular flexibility index (Phi) is 6.79. The predicted octanol–water partition coefficient (Wildman–Crippen LogP) is 4.18. The maximum Gasteiger partial charge on any atom is 0.284 e. The summed E-state index contributed by atoms with van der Waals surface area (Å²) in [5.74, 6) is -2.87. The van der Waals surface area contributed by atoms with Gasteiger partial charge in [0.05, 0.1) is 28.2 Å². The Hall–Kier alpha value is -4.65. The number of phenolic OH excluding ortho intramolecular Hbond substituents is 1. The maximum absolute atomic E-state index is 16.0. The number of hydrogen-bond acceptors (Lipinski definition) is 8. The van der Waals surface area contributed by atoms with Gasteiger partial charge in [-0.25, -0.2) is 23.3 Å². The number of amides is 2. The van der Waals surface area contributed by atoms with E-state index in [1.807, 2.05) is 20.8 Å². The number of aromatic nitrogens is 3. The van der Waals surface area contributed by atoms with E-state index in [-0.39, 0.29) is 59.2 Å².